The Bertz CT molecular complexity index is 699. The van der Waals surface area contributed by atoms with E-state index in [9.17, 15) is 14.4 Å². The third kappa shape index (κ3) is 5.77. The maximum atomic E-state index is 12.7. The van der Waals surface area contributed by atoms with Crippen LogP contribution in [-0.2, 0) is 19.1 Å². The molecule has 1 aromatic carbocycles. The summed E-state index contributed by atoms with van der Waals surface area (Å²) >= 11 is 0. The fourth-order valence-electron chi connectivity index (χ4n) is 2.73. The first-order chi connectivity index (χ1) is 13.4. The highest BCUT2D eigenvalue weighted by molar-refractivity contribution is 6.11. The van der Waals surface area contributed by atoms with E-state index in [4.69, 9.17) is 9.47 Å². The van der Waals surface area contributed by atoms with Gasteiger partial charge in [-0.25, -0.2) is 4.79 Å². The number of hydrogen-bond donors (Lipinski definition) is 2. The van der Waals surface area contributed by atoms with Crippen molar-refractivity contribution in [2.75, 3.05) is 51.3 Å². The molecule has 154 valence electrons. The maximum absolute atomic E-state index is 12.7. The molecule has 1 fully saturated rings. The third-order valence-electron chi connectivity index (χ3n) is 4.62. The number of rotatable bonds is 8. The van der Waals surface area contributed by atoms with Gasteiger partial charge < -0.3 is 20.1 Å². The number of para-hydroxylation sites is 1. The largest absolute Gasteiger partial charge is 0.462 e. The summed E-state index contributed by atoms with van der Waals surface area (Å²) in [5, 5.41) is 5.50. The Balaban J connectivity index is 1.94. The summed E-state index contributed by atoms with van der Waals surface area (Å²) in [6.45, 7) is 9.28. The number of anilines is 1. The van der Waals surface area contributed by atoms with Gasteiger partial charge in [0.1, 0.15) is 5.41 Å². The predicted molar refractivity (Wildman–Crippen MR) is 105 cm³/mol. The Morgan fingerprint density at radius 1 is 1.14 bits per heavy atom. The van der Waals surface area contributed by atoms with Crippen molar-refractivity contribution in [3.63, 3.8) is 0 Å². The second-order valence-electron chi connectivity index (χ2n) is 7.06. The van der Waals surface area contributed by atoms with Crippen molar-refractivity contribution >= 4 is 23.5 Å². The van der Waals surface area contributed by atoms with E-state index in [0.717, 1.165) is 13.1 Å². The molecule has 1 saturated heterocycles. The lowest BCUT2D eigenvalue weighted by Crippen LogP contribution is -2.48. The van der Waals surface area contributed by atoms with Crippen molar-refractivity contribution in [3.05, 3.63) is 29.8 Å². The molecule has 2 amide bonds. The van der Waals surface area contributed by atoms with E-state index < -0.39 is 17.3 Å². The number of amides is 2. The predicted octanol–water partition coefficient (Wildman–Crippen LogP) is 1.28. The average Bonchev–Trinajstić information content (AvgIpc) is 2.69. The van der Waals surface area contributed by atoms with Gasteiger partial charge in [-0.3, -0.25) is 14.5 Å². The third-order valence-corrected chi connectivity index (χ3v) is 4.62. The molecule has 0 radical (unpaired) electrons. The van der Waals surface area contributed by atoms with Crippen LogP contribution in [0, 0.1) is 5.41 Å². The Morgan fingerprint density at radius 2 is 1.82 bits per heavy atom. The molecule has 1 aliphatic rings. The van der Waals surface area contributed by atoms with Crippen molar-refractivity contribution < 1.29 is 23.9 Å². The minimum absolute atomic E-state index is 0.234. The van der Waals surface area contributed by atoms with Crippen molar-refractivity contribution in [2.45, 2.75) is 20.8 Å². The van der Waals surface area contributed by atoms with Crippen LogP contribution in [0.2, 0.25) is 0 Å². The van der Waals surface area contributed by atoms with Gasteiger partial charge in [0.15, 0.2) is 0 Å². The van der Waals surface area contributed by atoms with E-state index in [1.807, 2.05) is 0 Å². The summed E-state index contributed by atoms with van der Waals surface area (Å²) in [6, 6.07) is 6.57. The van der Waals surface area contributed by atoms with Gasteiger partial charge in [0.25, 0.3) is 0 Å². The highest BCUT2D eigenvalue weighted by atomic mass is 16.5. The van der Waals surface area contributed by atoms with E-state index in [1.165, 1.54) is 0 Å². The van der Waals surface area contributed by atoms with Crippen LogP contribution in [0.3, 0.4) is 0 Å². The van der Waals surface area contributed by atoms with Gasteiger partial charge >= 0.3 is 5.97 Å². The molecular formula is C20H29N3O5. The van der Waals surface area contributed by atoms with E-state index in [2.05, 4.69) is 15.5 Å². The number of hydrogen-bond acceptors (Lipinski definition) is 6. The summed E-state index contributed by atoms with van der Waals surface area (Å²) in [7, 11) is 0. The first-order valence-corrected chi connectivity index (χ1v) is 9.52. The molecule has 8 nitrogen and oxygen atoms in total. The van der Waals surface area contributed by atoms with Gasteiger partial charge in [-0.1, -0.05) is 12.1 Å². The first kappa shape index (κ1) is 21.8. The Hall–Kier alpha value is -2.45. The highest BCUT2D eigenvalue weighted by Gasteiger charge is 2.36. The molecule has 0 spiro atoms. The molecule has 0 atom stereocenters. The van der Waals surface area contributed by atoms with E-state index in [1.54, 1.807) is 45.0 Å². The Morgan fingerprint density at radius 3 is 2.50 bits per heavy atom. The number of carbonyl (C=O) groups excluding carboxylic acids is 3. The molecule has 0 unspecified atom stereocenters. The molecule has 2 rings (SSSR count). The fourth-order valence-corrected chi connectivity index (χ4v) is 2.73. The molecule has 2 N–H and O–H groups in total. The van der Waals surface area contributed by atoms with Crippen LogP contribution < -0.4 is 10.6 Å². The quantitative estimate of drug-likeness (QED) is 0.512. The van der Waals surface area contributed by atoms with Gasteiger partial charge in [0, 0.05) is 26.2 Å². The zero-order chi connectivity index (χ0) is 20.6. The number of nitrogens with one attached hydrogen (secondary N) is 2. The van der Waals surface area contributed by atoms with Crippen molar-refractivity contribution in [2.24, 2.45) is 5.41 Å². The Kier molecular flexibility index (Phi) is 7.95. The SMILES string of the molecule is CCOC(=O)c1ccccc1NC(=O)C(C)(C)C(=O)NCCN1CCOCC1. The molecule has 1 aromatic rings. The van der Waals surface area contributed by atoms with Crippen LogP contribution in [0.5, 0.6) is 0 Å². The first-order valence-electron chi connectivity index (χ1n) is 9.52. The van der Waals surface area contributed by atoms with Gasteiger partial charge in [0.2, 0.25) is 11.8 Å². The summed E-state index contributed by atoms with van der Waals surface area (Å²) in [4.78, 5) is 39.5. The summed E-state index contributed by atoms with van der Waals surface area (Å²) in [5.74, 6) is -1.38. The zero-order valence-electron chi connectivity index (χ0n) is 16.7. The number of carbonyl (C=O) groups is 3. The van der Waals surface area contributed by atoms with Crippen LogP contribution in [0.15, 0.2) is 24.3 Å². The minimum Gasteiger partial charge on any atom is -0.462 e. The van der Waals surface area contributed by atoms with Crippen molar-refractivity contribution in [1.82, 2.24) is 10.2 Å². The maximum Gasteiger partial charge on any atom is 0.340 e. The molecule has 0 aromatic heterocycles. The molecular weight excluding hydrogens is 362 g/mol. The van der Waals surface area contributed by atoms with Gasteiger partial charge in [0.05, 0.1) is 31.1 Å². The van der Waals surface area contributed by atoms with E-state index >= 15 is 0 Å². The monoisotopic (exact) mass is 391 g/mol. The fraction of sp³-hybridized carbons (Fsp3) is 0.550. The number of esters is 1. The van der Waals surface area contributed by atoms with Gasteiger partial charge in [-0.05, 0) is 32.9 Å². The molecule has 8 heteroatoms. The highest BCUT2D eigenvalue weighted by Crippen LogP contribution is 2.22. The lowest BCUT2D eigenvalue weighted by molar-refractivity contribution is -0.138. The number of benzene rings is 1. The second-order valence-corrected chi connectivity index (χ2v) is 7.06. The Labute approximate surface area is 165 Å². The minimum atomic E-state index is -1.30. The van der Waals surface area contributed by atoms with Crippen LogP contribution in [0.4, 0.5) is 5.69 Å². The normalized spacial score (nSPS) is 15.0. The summed E-state index contributed by atoms with van der Waals surface area (Å²) in [6.07, 6.45) is 0. The topological polar surface area (TPSA) is 97.0 Å². The van der Waals surface area contributed by atoms with E-state index in [0.29, 0.717) is 32.0 Å². The van der Waals surface area contributed by atoms with Crippen molar-refractivity contribution in [3.8, 4) is 0 Å². The lowest BCUT2D eigenvalue weighted by atomic mass is 9.90. The molecule has 1 aliphatic heterocycles. The molecule has 0 saturated carbocycles. The number of ether oxygens (including phenoxy) is 2. The van der Waals surface area contributed by atoms with Crippen LogP contribution in [0.1, 0.15) is 31.1 Å². The summed E-state index contributed by atoms with van der Waals surface area (Å²) in [5.41, 5.74) is -0.728. The molecule has 0 bridgehead atoms. The van der Waals surface area contributed by atoms with Gasteiger partial charge in [-0.2, -0.15) is 0 Å². The van der Waals surface area contributed by atoms with Gasteiger partial charge in [-0.15, -0.1) is 0 Å². The van der Waals surface area contributed by atoms with Crippen LogP contribution >= 0.6 is 0 Å². The standard InChI is InChI=1S/C20H29N3O5/c1-4-28-17(24)15-7-5-6-8-16(15)22-19(26)20(2,3)18(25)21-9-10-23-11-13-27-14-12-23/h5-8H,4,9-14H2,1-3H3,(H,21,25)(H,22,26). The molecule has 28 heavy (non-hydrogen) atoms. The van der Waals surface area contributed by atoms with Crippen LogP contribution in [-0.4, -0.2) is 68.7 Å². The number of nitrogens with zero attached hydrogens (tertiary/aromatic N) is 1. The summed E-state index contributed by atoms with van der Waals surface area (Å²) < 4.78 is 10.3. The molecule has 1 heterocycles. The van der Waals surface area contributed by atoms with E-state index in [-0.39, 0.29) is 18.1 Å². The molecule has 0 aliphatic carbocycles. The average molecular weight is 391 g/mol. The number of morpholine rings is 1. The van der Waals surface area contributed by atoms with Crippen molar-refractivity contribution in [1.29, 1.82) is 0 Å². The zero-order valence-corrected chi connectivity index (χ0v) is 16.7. The second kappa shape index (κ2) is 10.2. The smallest absolute Gasteiger partial charge is 0.340 e. The van der Waals surface area contributed by atoms with Crippen LogP contribution in [0.25, 0.3) is 0 Å². The lowest BCUT2D eigenvalue weighted by Gasteiger charge is -2.28.